The number of carbonyl (C=O) groups excluding carboxylic acids is 2. The summed E-state index contributed by atoms with van der Waals surface area (Å²) in [6.07, 6.45) is 0. The van der Waals surface area contributed by atoms with Gasteiger partial charge in [0.05, 0.1) is 17.3 Å². The summed E-state index contributed by atoms with van der Waals surface area (Å²) in [7, 11) is 0. The first-order valence-electron chi connectivity index (χ1n) is 5.42. The molecule has 0 fully saturated rings. The number of cyclic esters (lactones) is 1. The van der Waals surface area contributed by atoms with Crippen molar-refractivity contribution in [2.45, 2.75) is 6.04 Å². The van der Waals surface area contributed by atoms with Crippen LogP contribution in [0.15, 0.2) is 35.5 Å². The van der Waals surface area contributed by atoms with Crippen LogP contribution < -0.4 is 10.6 Å². The minimum atomic E-state index is -0.538. The third-order valence-electron chi connectivity index (χ3n) is 2.95. The van der Waals surface area contributed by atoms with Crippen LogP contribution in [0.2, 0.25) is 0 Å². The van der Waals surface area contributed by atoms with E-state index in [-0.39, 0.29) is 18.4 Å². The Labute approximate surface area is 102 Å². The highest BCUT2D eigenvalue weighted by atomic mass is 16.5. The zero-order chi connectivity index (χ0) is 12.7. The van der Waals surface area contributed by atoms with Gasteiger partial charge in [0.1, 0.15) is 12.4 Å². The lowest BCUT2D eigenvalue weighted by atomic mass is 9.96. The smallest absolute Gasteiger partial charge is 0.338 e. The molecule has 0 spiro atoms. The molecule has 1 aromatic rings. The predicted octanol–water partition coefficient (Wildman–Crippen LogP) is 0.557. The molecular weight excluding hydrogens is 236 g/mol. The molecule has 18 heavy (non-hydrogen) atoms. The van der Waals surface area contributed by atoms with Gasteiger partial charge in [-0.25, -0.2) is 9.59 Å². The molecule has 3 rings (SSSR count). The first-order valence-corrected chi connectivity index (χ1v) is 5.42. The number of ether oxygens (including phenoxy) is 1. The predicted molar refractivity (Wildman–Crippen MR) is 60.5 cm³/mol. The molecule has 0 bridgehead atoms. The van der Waals surface area contributed by atoms with E-state index in [1.165, 1.54) is 12.1 Å². The maximum atomic E-state index is 11.6. The zero-order valence-corrected chi connectivity index (χ0v) is 9.27. The first kappa shape index (κ1) is 10.6. The van der Waals surface area contributed by atoms with E-state index in [1.54, 1.807) is 12.1 Å². The maximum absolute atomic E-state index is 11.6. The van der Waals surface area contributed by atoms with Gasteiger partial charge in [-0.05, 0) is 17.7 Å². The van der Waals surface area contributed by atoms with Crippen LogP contribution in [0.5, 0.6) is 5.75 Å². The summed E-state index contributed by atoms with van der Waals surface area (Å²) in [6, 6.07) is 5.41. The lowest BCUT2D eigenvalue weighted by Crippen LogP contribution is -2.44. The summed E-state index contributed by atoms with van der Waals surface area (Å²) in [5.74, 6) is -0.308. The van der Waals surface area contributed by atoms with Crippen molar-refractivity contribution in [2.24, 2.45) is 0 Å². The fourth-order valence-corrected chi connectivity index (χ4v) is 2.11. The molecule has 0 saturated heterocycles. The summed E-state index contributed by atoms with van der Waals surface area (Å²) in [4.78, 5) is 23.1. The monoisotopic (exact) mass is 246 g/mol. The quantitative estimate of drug-likeness (QED) is 0.632. The van der Waals surface area contributed by atoms with E-state index in [0.717, 1.165) is 0 Å². The van der Waals surface area contributed by atoms with Crippen LogP contribution in [0.3, 0.4) is 0 Å². The van der Waals surface area contributed by atoms with Crippen molar-refractivity contribution in [3.63, 3.8) is 0 Å². The van der Waals surface area contributed by atoms with Crippen molar-refractivity contribution in [1.82, 2.24) is 10.6 Å². The van der Waals surface area contributed by atoms with Gasteiger partial charge in [0.25, 0.3) is 0 Å². The number of hydrogen-bond donors (Lipinski definition) is 3. The number of rotatable bonds is 1. The molecule has 2 aliphatic heterocycles. The van der Waals surface area contributed by atoms with Crippen molar-refractivity contribution in [2.75, 3.05) is 6.61 Å². The van der Waals surface area contributed by atoms with Gasteiger partial charge in [-0.1, -0.05) is 12.1 Å². The molecular formula is C12H10N2O4. The van der Waals surface area contributed by atoms with Crippen molar-refractivity contribution in [3.05, 3.63) is 41.1 Å². The van der Waals surface area contributed by atoms with Gasteiger partial charge in [0.2, 0.25) is 0 Å². The Hall–Kier alpha value is -2.50. The molecule has 3 N–H and O–H groups in total. The van der Waals surface area contributed by atoms with E-state index >= 15 is 0 Å². The number of hydrogen-bond acceptors (Lipinski definition) is 4. The lowest BCUT2D eigenvalue weighted by molar-refractivity contribution is -0.136. The average Bonchev–Trinajstić information content (AvgIpc) is 2.71. The Kier molecular flexibility index (Phi) is 2.22. The highest BCUT2D eigenvalue weighted by Crippen LogP contribution is 2.31. The van der Waals surface area contributed by atoms with Gasteiger partial charge in [0, 0.05) is 0 Å². The van der Waals surface area contributed by atoms with E-state index < -0.39 is 12.0 Å². The van der Waals surface area contributed by atoms with E-state index in [4.69, 9.17) is 4.74 Å². The Balaban J connectivity index is 2.04. The first-order chi connectivity index (χ1) is 8.65. The lowest BCUT2D eigenvalue weighted by Gasteiger charge is -2.24. The minimum Gasteiger partial charge on any atom is -0.508 e. The minimum absolute atomic E-state index is 0.0934. The number of phenols is 1. The van der Waals surface area contributed by atoms with Gasteiger partial charge in [-0.2, -0.15) is 0 Å². The van der Waals surface area contributed by atoms with Gasteiger partial charge < -0.3 is 20.5 Å². The van der Waals surface area contributed by atoms with Crippen molar-refractivity contribution in [1.29, 1.82) is 0 Å². The fourth-order valence-electron chi connectivity index (χ4n) is 2.11. The number of aromatic hydroxyl groups is 1. The molecule has 2 aliphatic rings. The highest BCUT2D eigenvalue weighted by Gasteiger charge is 2.37. The van der Waals surface area contributed by atoms with Gasteiger partial charge >= 0.3 is 12.0 Å². The number of urea groups is 1. The summed E-state index contributed by atoms with van der Waals surface area (Å²) in [5.41, 5.74) is 1.64. The van der Waals surface area contributed by atoms with Crippen LogP contribution in [-0.4, -0.2) is 23.7 Å². The van der Waals surface area contributed by atoms with E-state index in [9.17, 15) is 14.7 Å². The molecule has 1 aromatic carbocycles. The number of benzene rings is 1. The van der Waals surface area contributed by atoms with Gasteiger partial charge in [0.15, 0.2) is 0 Å². The Morgan fingerprint density at radius 2 is 1.94 bits per heavy atom. The summed E-state index contributed by atoms with van der Waals surface area (Å²) < 4.78 is 4.91. The molecule has 0 radical (unpaired) electrons. The normalized spacial score (nSPS) is 22.1. The van der Waals surface area contributed by atoms with E-state index in [0.29, 0.717) is 16.8 Å². The summed E-state index contributed by atoms with van der Waals surface area (Å²) in [6.45, 7) is 0.0934. The van der Waals surface area contributed by atoms with Crippen molar-refractivity contribution in [3.8, 4) is 5.75 Å². The summed E-state index contributed by atoms with van der Waals surface area (Å²) >= 11 is 0. The van der Waals surface area contributed by atoms with Gasteiger partial charge in [-0.3, -0.25) is 0 Å². The highest BCUT2D eigenvalue weighted by molar-refractivity contribution is 5.97. The van der Waals surface area contributed by atoms with E-state index in [1.807, 2.05) is 0 Å². The van der Waals surface area contributed by atoms with Crippen LogP contribution in [0.1, 0.15) is 11.6 Å². The number of esters is 1. The molecule has 1 atom stereocenters. The van der Waals surface area contributed by atoms with Crippen LogP contribution >= 0.6 is 0 Å². The molecule has 2 heterocycles. The average molecular weight is 246 g/mol. The zero-order valence-electron chi connectivity index (χ0n) is 9.27. The number of carbonyl (C=O) groups is 2. The second-order valence-electron chi connectivity index (χ2n) is 4.09. The molecule has 92 valence electrons. The molecule has 2 amide bonds. The fraction of sp³-hybridized carbons (Fsp3) is 0.167. The van der Waals surface area contributed by atoms with Crippen LogP contribution in [-0.2, 0) is 9.53 Å². The number of phenolic OH excluding ortho intramolecular Hbond substituents is 1. The Bertz CT molecular complexity index is 562. The number of nitrogens with one attached hydrogen (secondary N) is 2. The van der Waals surface area contributed by atoms with Gasteiger partial charge in [-0.15, -0.1) is 0 Å². The molecule has 1 unspecified atom stereocenters. The standard InChI is InChI=1S/C12H10N2O4/c15-7-3-1-6(2-4-7)10-9-8(5-18-11(9)16)13-12(17)14-10/h1-4,10,15H,5H2,(H2,13,14,17). The Morgan fingerprint density at radius 1 is 1.22 bits per heavy atom. The maximum Gasteiger partial charge on any atom is 0.338 e. The Morgan fingerprint density at radius 3 is 2.67 bits per heavy atom. The molecule has 6 heteroatoms. The van der Waals surface area contributed by atoms with Crippen LogP contribution in [0.25, 0.3) is 0 Å². The third kappa shape index (κ3) is 1.58. The molecule has 0 aliphatic carbocycles. The molecule has 0 saturated carbocycles. The number of amides is 2. The van der Waals surface area contributed by atoms with E-state index in [2.05, 4.69) is 10.6 Å². The topological polar surface area (TPSA) is 87.7 Å². The second kappa shape index (κ2) is 3.76. The second-order valence-corrected chi connectivity index (χ2v) is 4.09. The molecule has 0 aromatic heterocycles. The van der Waals surface area contributed by atoms with Crippen molar-refractivity contribution >= 4 is 12.0 Å². The largest absolute Gasteiger partial charge is 0.508 e. The van der Waals surface area contributed by atoms with Crippen LogP contribution in [0, 0.1) is 0 Å². The van der Waals surface area contributed by atoms with Crippen LogP contribution in [0.4, 0.5) is 4.79 Å². The molecule has 6 nitrogen and oxygen atoms in total. The van der Waals surface area contributed by atoms with Crippen molar-refractivity contribution < 1.29 is 19.4 Å². The third-order valence-corrected chi connectivity index (χ3v) is 2.95. The SMILES string of the molecule is O=C1NC2=C(C(=O)OC2)C(c2ccc(O)cc2)N1. The summed E-state index contributed by atoms with van der Waals surface area (Å²) in [5, 5.41) is 14.5.